The van der Waals surface area contributed by atoms with Crippen molar-refractivity contribution in [2.75, 3.05) is 0 Å². The van der Waals surface area contributed by atoms with E-state index >= 15 is 0 Å². The molecule has 1 saturated carbocycles. The zero-order valence-corrected chi connectivity index (χ0v) is 11.2. The van der Waals surface area contributed by atoms with Crippen molar-refractivity contribution >= 4 is 22.6 Å². The van der Waals surface area contributed by atoms with Crippen molar-refractivity contribution in [2.45, 2.75) is 38.6 Å². The summed E-state index contributed by atoms with van der Waals surface area (Å²) >= 11 is 5.95. The molecule has 0 aliphatic heterocycles. The monoisotopic (exact) mass is 266 g/mol. The Kier molecular flexibility index (Phi) is 3.02. The summed E-state index contributed by atoms with van der Waals surface area (Å²) in [5.41, 5.74) is 2.39. The zero-order valence-electron chi connectivity index (χ0n) is 10.4. The van der Waals surface area contributed by atoms with Gasteiger partial charge in [0.1, 0.15) is 11.6 Å². The van der Waals surface area contributed by atoms with Crippen LogP contribution >= 0.6 is 11.6 Å². The van der Waals surface area contributed by atoms with Crippen molar-refractivity contribution in [1.29, 1.82) is 0 Å². The van der Waals surface area contributed by atoms with Crippen LogP contribution in [0.4, 0.5) is 4.39 Å². The topological polar surface area (TPSA) is 17.8 Å². The Morgan fingerprint density at radius 3 is 2.83 bits per heavy atom. The molecule has 0 bridgehead atoms. The van der Waals surface area contributed by atoms with Crippen LogP contribution in [0.15, 0.2) is 12.1 Å². The summed E-state index contributed by atoms with van der Waals surface area (Å²) in [4.78, 5) is 4.44. The van der Waals surface area contributed by atoms with Gasteiger partial charge in [0, 0.05) is 12.6 Å². The van der Waals surface area contributed by atoms with Gasteiger partial charge in [-0.05, 0) is 37.3 Å². The van der Waals surface area contributed by atoms with Crippen LogP contribution in [0.3, 0.4) is 0 Å². The summed E-state index contributed by atoms with van der Waals surface area (Å²) in [5, 5.41) is 0. The molecule has 96 valence electrons. The van der Waals surface area contributed by atoms with E-state index in [0.717, 1.165) is 23.8 Å². The van der Waals surface area contributed by atoms with E-state index in [1.165, 1.54) is 25.3 Å². The van der Waals surface area contributed by atoms with E-state index in [1.54, 1.807) is 6.92 Å². The molecule has 0 N–H and O–H groups in total. The third kappa shape index (κ3) is 1.91. The lowest BCUT2D eigenvalue weighted by Crippen LogP contribution is -2.19. The first kappa shape index (κ1) is 12.0. The van der Waals surface area contributed by atoms with Gasteiger partial charge in [-0.15, -0.1) is 11.6 Å². The Labute approximate surface area is 111 Å². The summed E-state index contributed by atoms with van der Waals surface area (Å²) in [6.07, 6.45) is 3.88. The lowest BCUT2D eigenvalue weighted by molar-refractivity contribution is 0.277. The van der Waals surface area contributed by atoms with Crippen molar-refractivity contribution in [1.82, 2.24) is 9.55 Å². The van der Waals surface area contributed by atoms with Gasteiger partial charge < -0.3 is 4.57 Å². The van der Waals surface area contributed by atoms with Gasteiger partial charge in [-0.2, -0.15) is 0 Å². The zero-order chi connectivity index (χ0) is 12.7. The first-order chi connectivity index (χ1) is 8.69. The lowest BCUT2D eigenvalue weighted by atomic mass is 9.85. The van der Waals surface area contributed by atoms with E-state index in [0.29, 0.717) is 17.0 Å². The minimum absolute atomic E-state index is 0.197. The van der Waals surface area contributed by atoms with Crippen LogP contribution in [0.1, 0.15) is 30.7 Å². The molecule has 0 radical (unpaired) electrons. The summed E-state index contributed by atoms with van der Waals surface area (Å²) < 4.78 is 15.7. The summed E-state index contributed by atoms with van der Waals surface area (Å²) in [6, 6.07) is 3.39. The number of hydrogen-bond donors (Lipinski definition) is 0. The van der Waals surface area contributed by atoms with Crippen LogP contribution in [0.2, 0.25) is 0 Å². The third-order valence-corrected chi connectivity index (χ3v) is 4.13. The summed E-state index contributed by atoms with van der Waals surface area (Å²) in [5.74, 6) is 1.76. The number of halogens is 2. The van der Waals surface area contributed by atoms with E-state index in [-0.39, 0.29) is 5.82 Å². The number of imidazole rings is 1. The number of hydrogen-bond acceptors (Lipinski definition) is 1. The highest BCUT2D eigenvalue weighted by molar-refractivity contribution is 6.16. The Bertz CT molecular complexity index is 587. The minimum Gasteiger partial charge on any atom is -0.327 e. The van der Waals surface area contributed by atoms with E-state index in [1.807, 2.05) is 6.07 Å². The first-order valence-corrected chi connectivity index (χ1v) is 6.93. The molecule has 0 unspecified atom stereocenters. The smallest absolute Gasteiger partial charge is 0.128 e. The number of benzene rings is 1. The Hall–Kier alpha value is -1.09. The molecular formula is C14H16ClFN2. The molecule has 1 aromatic carbocycles. The molecule has 1 fully saturated rings. The van der Waals surface area contributed by atoms with Gasteiger partial charge in [0.25, 0.3) is 0 Å². The van der Waals surface area contributed by atoms with Crippen molar-refractivity contribution in [2.24, 2.45) is 5.92 Å². The SMILES string of the molecule is Cc1cc2c(cc1F)nc(CCl)n2CC1CCC1. The number of rotatable bonds is 3. The molecular weight excluding hydrogens is 251 g/mol. The van der Waals surface area contributed by atoms with Crippen LogP contribution < -0.4 is 0 Å². The van der Waals surface area contributed by atoms with Gasteiger partial charge in [0.05, 0.1) is 16.9 Å². The summed E-state index contributed by atoms with van der Waals surface area (Å²) in [6.45, 7) is 2.75. The molecule has 4 heteroatoms. The van der Waals surface area contributed by atoms with Crippen molar-refractivity contribution in [3.05, 3.63) is 29.3 Å². The van der Waals surface area contributed by atoms with Gasteiger partial charge in [0.15, 0.2) is 0 Å². The van der Waals surface area contributed by atoms with Gasteiger partial charge >= 0.3 is 0 Å². The fraction of sp³-hybridized carbons (Fsp3) is 0.500. The standard InChI is InChI=1S/C14H16ClFN2/c1-9-5-13-12(6-11(9)16)17-14(7-15)18(13)8-10-3-2-4-10/h5-6,10H,2-4,7-8H2,1H3. The highest BCUT2D eigenvalue weighted by atomic mass is 35.5. The van der Waals surface area contributed by atoms with Crippen LogP contribution in [-0.4, -0.2) is 9.55 Å². The van der Waals surface area contributed by atoms with Crippen molar-refractivity contribution in [3.8, 4) is 0 Å². The Morgan fingerprint density at radius 2 is 2.22 bits per heavy atom. The first-order valence-electron chi connectivity index (χ1n) is 6.40. The average molecular weight is 267 g/mol. The summed E-state index contributed by atoms with van der Waals surface area (Å²) in [7, 11) is 0. The van der Waals surface area contributed by atoms with Gasteiger partial charge in [-0.3, -0.25) is 0 Å². The van der Waals surface area contributed by atoms with Crippen LogP contribution in [0.25, 0.3) is 11.0 Å². The predicted octanol–water partition coefficient (Wildman–Crippen LogP) is 4.02. The Balaban J connectivity index is 2.10. The maximum atomic E-state index is 13.6. The van der Waals surface area contributed by atoms with Gasteiger partial charge in [-0.25, -0.2) is 9.37 Å². The van der Waals surface area contributed by atoms with E-state index in [9.17, 15) is 4.39 Å². The van der Waals surface area contributed by atoms with Gasteiger partial charge in [0.2, 0.25) is 0 Å². The fourth-order valence-corrected chi connectivity index (χ4v) is 2.74. The molecule has 0 saturated heterocycles. The van der Waals surface area contributed by atoms with E-state index in [2.05, 4.69) is 9.55 Å². The molecule has 2 aromatic rings. The van der Waals surface area contributed by atoms with Crippen molar-refractivity contribution in [3.63, 3.8) is 0 Å². The highest BCUT2D eigenvalue weighted by Crippen LogP contribution is 2.30. The molecule has 0 atom stereocenters. The minimum atomic E-state index is -0.197. The largest absolute Gasteiger partial charge is 0.327 e. The second kappa shape index (κ2) is 4.54. The number of fused-ring (bicyclic) bond motifs is 1. The van der Waals surface area contributed by atoms with Crippen LogP contribution in [0.5, 0.6) is 0 Å². The molecule has 1 heterocycles. The Morgan fingerprint density at radius 1 is 1.44 bits per heavy atom. The maximum absolute atomic E-state index is 13.6. The second-order valence-electron chi connectivity index (χ2n) is 5.16. The third-order valence-electron chi connectivity index (χ3n) is 3.89. The highest BCUT2D eigenvalue weighted by Gasteiger charge is 2.21. The lowest BCUT2D eigenvalue weighted by Gasteiger charge is -2.26. The second-order valence-corrected chi connectivity index (χ2v) is 5.43. The number of alkyl halides is 1. The number of aryl methyl sites for hydroxylation is 1. The quantitative estimate of drug-likeness (QED) is 0.767. The fourth-order valence-electron chi connectivity index (χ4n) is 2.54. The molecule has 1 aliphatic carbocycles. The maximum Gasteiger partial charge on any atom is 0.128 e. The molecule has 2 nitrogen and oxygen atoms in total. The van der Waals surface area contributed by atoms with Crippen LogP contribution in [0, 0.1) is 18.7 Å². The van der Waals surface area contributed by atoms with Crippen molar-refractivity contribution < 1.29 is 4.39 Å². The van der Waals surface area contributed by atoms with E-state index in [4.69, 9.17) is 11.6 Å². The molecule has 1 aromatic heterocycles. The number of aromatic nitrogens is 2. The predicted molar refractivity (Wildman–Crippen MR) is 71.3 cm³/mol. The molecule has 1 aliphatic rings. The molecule has 0 amide bonds. The average Bonchev–Trinajstić information content (AvgIpc) is 2.62. The van der Waals surface area contributed by atoms with Gasteiger partial charge in [-0.1, -0.05) is 6.42 Å². The number of nitrogens with zero attached hydrogens (tertiary/aromatic N) is 2. The van der Waals surface area contributed by atoms with Crippen LogP contribution in [-0.2, 0) is 12.4 Å². The normalized spacial score (nSPS) is 16.2. The van der Waals surface area contributed by atoms with E-state index < -0.39 is 0 Å². The molecule has 3 rings (SSSR count). The molecule has 18 heavy (non-hydrogen) atoms. The molecule has 0 spiro atoms.